The molecule has 0 bridgehead atoms. The van der Waals surface area contributed by atoms with E-state index in [2.05, 4.69) is 70.3 Å². The van der Waals surface area contributed by atoms with E-state index in [1.807, 2.05) is 42.5 Å². The molecule has 4 rings (SSSR count). The Hall–Kier alpha value is -3.78. The lowest BCUT2D eigenvalue weighted by molar-refractivity contribution is -0.150. The van der Waals surface area contributed by atoms with Crippen LogP contribution in [0.1, 0.15) is 71.1 Å². The number of hydrogen-bond acceptors (Lipinski definition) is 7. The van der Waals surface area contributed by atoms with Crippen LogP contribution in [-0.4, -0.2) is 62.0 Å². The summed E-state index contributed by atoms with van der Waals surface area (Å²) in [5.41, 5.74) is 1.78. The maximum Gasteiger partial charge on any atom is 0.308 e. The fourth-order valence-electron chi connectivity index (χ4n) is 5.68. The van der Waals surface area contributed by atoms with Gasteiger partial charge in [-0.3, -0.25) is 9.69 Å². The first kappa shape index (κ1) is 40.0. The molecule has 9 heteroatoms. The van der Waals surface area contributed by atoms with Crippen molar-refractivity contribution in [1.82, 2.24) is 9.88 Å². The summed E-state index contributed by atoms with van der Waals surface area (Å²) in [5.74, 6) is 0.918. The summed E-state index contributed by atoms with van der Waals surface area (Å²) in [5, 5.41) is 2.22. The predicted octanol–water partition coefficient (Wildman–Crippen LogP) is 10.8. The summed E-state index contributed by atoms with van der Waals surface area (Å²) in [7, 11) is 0. The van der Waals surface area contributed by atoms with Crippen LogP contribution in [0.3, 0.4) is 0 Å². The SMILES string of the molecule is CCC=CCC=CCC=CCC=CCCCCC(=O)OCOc1ccc2ccc(OCCCCN3CCN(c4cccc(Cl)c4Cl)CC3)cc2n1. The molecule has 0 spiro atoms. The average molecular weight is 735 g/mol. The first-order valence-electron chi connectivity index (χ1n) is 18.4. The Kier molecular flexibility index (Phi) is 18.5. The Bertz CT molecular complexity index is 1600. The van der Waals surface area contributed by atoms with Gasteiger partial charge in [0.1, 0.15) is 5.75 Å². The molecular formula is C42H53Cl2N3O4. The van der Waals surface area contributed by atoms with Crippen LogP contribution in [0.2, 0.25) is 10.0 Å². The molecule has 274 valence electrons. The number of ether oxygens (including phenoxy) is 3. The van der Waals surface area contributed by atoms with Crippen LogP contribution in [-0.2, 0) is 9.53 Å². The summed E-state index contributed by atoms with van der Waals surface area (Å²) in [6.45, 7) is 7.52. The number of nitrogens with zero attached hydrogens (tertiary/aromatic N) is 3. The van der Waals surface area contributed by atoms with Crippen molar-refractivity contribution < 1.29 is 19.0 Å². The van der Waals surface area contributed by atoms with E-state index in [1.165, 1.54) is 0 Å². The number of rotatable bonds is 22. The predicted molar refractivity (Wildman–Crippen MR) is 212 cm³/mol. The number of piperazine rings is 1. The third-order valence-corrected chi connectivity index (χ3v) is 9.38. The van der Waals surface area contributed by atoms with Gasteiger partial charge in [0, 0.05) is 50.1 Å². The number of pyridine rings is 1. The maximum absolute atomic E-state index is 12.2. The molecule has 1 fully saturated rings. The Morgan fingerprint density at radius 1 is 0.804 bits per heavy atom. The molecule has 0 saturated carbocycles. The van der Waals surface area contributed by atoms with Crippen LogP contribution < -0.4 is 14.4 Å². The highest BCUT2D eigenvalue weighted by Gasteiger charge is 2.19. The molecule has 7 nitrogen and oxygen atoms in total. The fourth-order valence-corrected chi connectivity index (χ4v) is 6.10. The molecule has 1 saturated heterocycles. The van der Waals surface area contributed by atoms with E-state index in [0.29, 0.717) is 29.0 Å². The molecule has 0 radical (unpaired) electrons. The Balaban J connectivity index is 1.04. The van der Waals surface area contributed by atoms with Crippen molar-refractivity contribution in [2.75, 3.05) is 51.0 Å². The van der Waals surface area contributed by atoms with Crippen molar-refractivity contribution in [3.8, 4) is 11.6 Å². The van der Waals surface area contributed by atoms with E-state index in [-0.39, 0.29) is 12.8 Å². The molecule has 2 aromatic carbocycles. The maximum atomic E-state index is 12.2. The molecule has 3 aromatic rings. The van der Waals surface area contributed by atoms with Crippen LogP contribution in [0.25, 0.3) is 10.9 Å². The number of fused-ring (bicyclic) bond motifs is 1. The highest BCUT2D eigenvalue weighted by atomic mass is 35.5. The third kappa shape index (κ3) is 15.2. The molecular weight excluding hydrogens is 681 g/mol. The molecule has 51 heavy (non-hydrogen) atoms. The number of allylic oxidation sites excluding steroid dienone is 8. The topological polar surface area (TPSA) is 64.1 Å². The molecule has 0 unspecified atom stereocenters. The lowest BCUT2D eigenvalue weighted by Crippen LogP contribution is -2.46. The molecule has 1 aromatic heterocycles. The fraction of sp³-hybridized carbons (Fsp3) is 0.429. The van der Waals surface area contributed by atoms with E-state index >= 15 is 0 Å². The van der Waals surface area contributed by atoms with Crippen molar-refractivity contribution in [2.45, 2.75) is 71.1 Å². The molecule has 0 atom stereocenters. The summed E-state index contributed by atoms with van der Waals surface area (Å²) < 4.78 is 16.9. The number of carbonyl (C=O) groups is 1. The van der Waals surface area contributed by atoms with Gasteiger partial charge in [-0.05, 0) is 94.7 Å². The van der Waals surface area contributed by atoms with Gasteiger partial charge in [0.2, 0.25) is 12.7 Å². The minimum atomic E-state index is -0.263. The Labute approximate surface area is 314 Å². The van der Waals surface area contributed by atoms with Crippen LogP contribution in [0.4, 0.5) is 5.69 Å². The standard InChI is InChI=1S/C42H53Cl2N3O4/c1-2-3-4-5-6-7-8-9-10-11-12-13-14-15-16-22-41(48)51-34-50-40-26-24-35-23-25-36(33-38(35)45-40)49-32-18-17-27-46-28-30-47(31-29-46)39-21-19-20-37(43)42(39)44/h3-4,6-7,9-10,12-13,19-21,23-26,33H,2,5,8,11,14-18,22,27-32,34H2,1H3. The second-order valence-corrected chi connectivity index (χ2v) is 13.3. The molecule has 0 N–H and O–H groups in total. The highest BCUT2D eigenvalue weighted by Crippen LogP contribution is 2.33. The number of hydrogen-bond donors (Lipinski definition) is 0. The molecule has 0 aliphatic carbocycles. The number of benzene rings is 2. The van der Waals surface area contributed by atoms with Gasteiger partial charge in [-0.25, -0.2) is 4.98 Å². The second kappa shape index (κ2) is 23.6. The normalized spacial score (nSPS) is 14.1. The smallest absolute Gasteiger partial charge is 0.308 e. The van der Waals surface area contributed by atoms with E-state index in [1.54, 1.807) is 6.07 Å². The number of anilines is 1. The van der Waals surface area contributed by atoms with Crippen LogP contribution >= 0.6 is 23.2 Å². The minimum absolute atomic E-state index is 0.159. The quantitative estimate of drug-likeness (QED) is 0.0441. The summed E-state index contributed by atoms with van der Waals surface area (Å²) in [4.78, 5) is 21.5. The van der Waals surface area contributed by atoms with Crippen LogP contribution in [0.5, 0.6) is 11.6 Å². The van der Waals surface area contributed by atoms with Crippen LogP contribution in [0.15, 0.2) is 97.1 Å². The number of aromatic nitrogens is 1. The van der Waals surface area contributed by atoms with Gasteiger partial charge >= 0.3 is 5.97 Å². The average Bonchev–Trinajstić information content (AvgIpc) is 3.14. The summed E-state index contributed by atoms with van der Waals surface area (Å²) in [6, 6.07) is 15.4. The van der Waals surface area contributed by atoms with Gasteiger partial charge in [0.25, 0.3) is 0 Å². The molecule has 1 aliphatic rings. The zero-order valence-corrected chi connectivity index (χ0v) is 31.5. The highest BCUT2D eigenvalue weighted by molar-refractivity contribution is 6.43. The van der Waals surface area contributed by atoms with Crippen LogP contribution in [0, 0.1) is 0 Å². The van der Waals surface area contributed by atoms with Crippen molar-refractivity contribution in [1.29, 1.82) is 0 Å². The number of esters is 1. The lowest BCUT2D eigenvalue weighted by Gasteiger charge is -2.36. The number of carbonyl (C=O) groups excluding carboxylic acids is 1. The summed E-state index contributed by atoms with van der Waals surface area (Å²) in [6.07, 6.45) is 26.6. The van der Waals surface area contributed by atoms with Gasteiger partial charge in [-0.2, -0.15) is 0 Å². The van der Waals surface area contributed by atoms with Gasteiger partial charge < -0.3 is 19.1 Å². The number of halogens is 2. The van der Waals surface area contributed by atoms with Crippen molar-refractivity contribution in [3.05, 3.63) is 107 Å². The number of unbranched alkanes of at least 4 members (excludes halogenated alkanes) is 3. The summed E-state index contributed by atoms with van der Waals surface area (Å²) >= 11 is 12.6. The van der Waals surface area contributed by atoms with E-state index in [4.69, 9.17) is 37.4 Å². The van der Waals surface area contributed by atoms with Gasteiger partial charge in [-0.1, -0.05) is 84.8 Å². The molecule has 2 heterocycles. The first-order chi connectivity index (χ1) is 25.0. The Morgan fingerprint density at radius 3 is 2.29 bits per heavy atom. The van der Waals surface area contributed by atoms with Crippen molar-refractivity contribution in [3.63, 3.8) is 0 Å². The van der Waals surface area contributed by atoms with E-state index in [9.17, 15) is 4.79 Å². The third-order valence-electron chi connectivity index (χ3n) is 8.57. The van der Waals surface area contributed by atoms with Gasteiger partial charge in [0.15, 0.2) is 0 Å². The van der Waals surface area contributed by atoms with E-state index < -0.39 is 0 Å². The van der Waals surface area contributed by atoms with Crippen molar-refractivity contribution in [2.24, 2.45) is 0 Å². The molecule has 0 amide bonds. The monoisotopic (exact) mass is 733 g/mol. The zero-order valence-electron chi connectivity index (χ0n) is 30.0. The van der Waals surface area contributed by atoms with Gasteiger partial charge in [-0.15, -0.1) is 0 Å². The Morgan fingerprint density at radius 2 is 1.53 bits per heavy atom. The minimum Gasteiger partial charge on any atom is -0.494 e. The largest absolute Gasteiger partial charge is 0.494 e. The first-order valence-corrected chi connectivity index (χ1v) is 19.1. The second-order valence-electron chi connectivity index (χ2n) is 12.5. The van der Waals surface area contributed by atoms with E-state index in [0.717, 1.165) is 113 Å². The van der Waals surface area contributed by atoms with Crippen molar-refractivity contribution >= 4 is 45.8 Å². The molecule has 1 aliphatic heterocycles. The lowest BCUT2D eigenvalue weighted by atomic mass is 10.2. The zero-order chi connectivity index (χ0) is 35.9. The van der Waals surface area contributed by atoms with Gasteiger partial charge in [0.05, 0.1) is 27.9 Å².